The third-order valence-electron chi connectivity index (χ3n) is 5.57. The zero-order valence-corrected chi connectivity index (χ0v) is 16.5. The lowest BCUT2D eigenvalue weighted by Crippen LogP contribution is -2.29. The lowest BCUT2D eigenvalue weighted by atomic mass is 9.66. The summed E-state index contributed by atoms with van der Waals surface area (Å²) >= 11 is 14.3. The van der Waals surface area contributed by atoms with Crippen LogP contribution in [0.2, 0.25) is 0 Å². The monoisotopic (exact) mass is 432 g/mol. The van der Waals surface area contributed by atoms with Crippen molar-refractivity contribution in [3.63, 3.8) is 0 Å². The molecule has 2 saturated carbocycles. The van der Waals surface area contributed by atoms with Gasteiger partial charge >= 0.3 is 0 Å². The van der Waals surface area contributed by atoms with Crippen LogP contribution in [-0.2, 0) is 0 Å². The Bertz CT molecular complexity index is 514. The smallest absolute Gasteiger partial charge is 0.0624 e. The number of hydrogen-bond acceptors (Lipinski definition) is 0. The topological polar surface area (TPSA) is 0 Å². The largest absolute Gasteiger partial charge is 0.117 e. The van der Waals surface area contributed by atoms with Crippen molar-refractivity contribution in [3.05, 3.63) is 32.2 Å². The normalized spacial score (nSPS) is 30.8. The molecule has 2 aliphatic rings. The van der Waals surface area contributed by atoms with Crippen LogP contribution in [0.5, 0.6) is 0 Å². The average molecular weight is 435 g/mol. The van der Waals surface area contributed by atoms with Crippen LogP contribution in [0, 0.1) is 24.7 Å². The molecular formula is C18H23Br2Cl. The summed E-state index contributed by atoms with van der Waals surface area (Å²) in [7, 11) is 0. The van der Waals surface area contributed by atoms with Gasteiger partial charge in [0.25, 0.3) is 0 Å². The summed E-state index contributed by atoms with van der Waals surface area (Å²) in [6.07, 6.45) is 9.80. The molecule has 0 heterocycles. The van der Waals surface area contributed by atoms with Gasteiger partial charge in [-0.1, -0.05) is 57.5 Å². The van der Waals surface area contributed by atoms with E-state index in [1.165, 1.54) is 56.1 Å². The van der Waals surface area contributed by atoms with E-state index in [0.717, 1.165) is 20.8 Å². The Balaban J connectivity index is 1.76. The minimum absolute atomic E-state index is 0.138. The molecule has 0 aliphatic heterocycles. The highest BCUT2D eigenvalue weighted by Gasteiger charge is 2.35. The SMILES string of the molecule is Cc1cc(Br)c(C(Cl)C2CCC3CCCCC3C2)cc1Br. The number of halogens is 3. The Morgan fingerprint density at radius 1 is 1.00 bits per heavy atom. The molecule has 0 bridgehead atoms. The van der Waals surface area contributed by atoms with E-state index < -0.39 is 0 Å². The Morgan fingerprint density at radius 2 is 1.71 bits per heavy atom. The number of rotatable bonds is 2. The van der Waals surface area contributed by atoms with Crippen LogP contribution < -0.4 is 0 Å². The summed E-state index contributed by atoms with van der Waals surface area (Å²) in [6, 6.07) is 4.39. The van der Waals surface area contributed by atoms with Crippen molar-refractivity contribution in [1.29, 1.82) is 0 Å². The second-order valence-corrected chi connectivity index (χ2v) is 9.08. The van der Waals surface area contributed by atoms with Crippen molar-refractivity contribution < 1.29 is 0 Å². The van der Waals surface area contributed by atoms with Crippen molar-refractivity contribution in [2.24, 2.45) is 17.8 Å². The maximum Gasteiger partial charge on any atom is 0.0624 e. The molecule has 0 spiro atoms. The van der Waals surface area contributed by atoms with Crippen LogP contribution in [0.3, 0.4) is 0 Å². The van der Waals surface area contributed by atoms with E-state index in [0.29, 0.717) is 5.92 Å². The lowest BCUT2D eigenvalue weighted by molar-refractivity contribution is 0.127. The fraction of sp³-hybridized carbons (Fsp3) is 0.667. The van der Waals surface area contributed by atoms with Crippen LogP contribution in [-0.4, -0.2) is 0 Å². The Labute approximate surface area is 150 Å². The molecular weight excluding hydrogens is 411 g/mol. The minimum atomic E-state index is 0.138. The maximum absolute atomic E-state index is 6.89. The van der Waals surface area contributed by atoms with E-state index in [4.69, 9.17) is 11.6 Å². The van der Waals surface area contributed by atoms with Crippen LogP contribution in [0.4, 0.5) is 0 Å². The summed E-state index contributed by atoms with van der Waals surface area (Å²) in [5.41, 5.74) is 2.51. The molecule has 0 radical (unpaired) electrons. The van der Waals surface area contributed by atoms with Crippen molar-refractivity contribution >= 4 is 43.5 Å². The number of fused-ring (bicyclic) bond motifs is 1. The van der Waals surface area contributed by atoms with Gasteiger partial charge in [0.2, 0.25) is 0 Å². The van der Waals surface area contributed by atoms with Crippen molar-refractivity contribution in [2.75, 3.05) is 0 Å². The minimum Gasteiger partial charge on any atom is -0.117 e. The van der Waals surface area contributed by atoms with Crippen LogP contribution in [0.25, 0.3) is 0 Å². The summed E-state index contributed by atoms with van der Waals surface area (Å²) in [4.78, 5) is 0. The molecule has 0 nitrogen and oxygen atoms in total. The van der Waals surface area contributed by atoms with Gasteiger partial charge in [-0.25, -0.2) is 0 Å². The van der Waals surface area contributed by atoms with E-state index >= 15 is 0 Å². The molecule has 2 fully saturated rings. The van der Waals surface area contributed by atoms with Crippen LogP contribution in [0.15, 0.2) is 21.1 Å². The predicted molar refractivity (Wildman–Crippen MR) is 98.0 cm³/mol. The molecule has 0 aromatic heterocycles. The molecule has 4 atom stereocenters. The van der Waals surface area contributed by atoms with Crippen LogP contribution in [0.1, 0.15) is 61.4 Å². The molecule has 0 saturated heterocycles. The van der Waals surface area contributed by atoms with Crippen molar-refractivity contribution in [2.45, 2.75) is 57.2 Å². The highest BCUT2D eigenvalue weighted by molar-refractivity contribution is 9.11. The molecule has 0 N–H and O–H groups in total. The third kappa shape index (κ3) is 3.53. The number of alkyl halides is 1. The van der Waals surface area contributed by atoms with Crippen molar-refractivity contribution in [3.8, 4) is 0 Å². The number of benzene rings is 1. The predicted octanol–water partition coefficient (Wildman–Crippen LogP) is 7.41. The van der Waals surface area contributed by atoms with Gasteiger partial charge < -0.3 is 0 Å². The molecule has 2 aliphatic carbocycles. The van der Waals surface area contributed by atoms with Gasteiger partial charge in [0.1, 0.15) is 0 Å². The highest BCUT2D eigenvalue weighted by Crippen LogP contribution is 2.49. The molecule has 3 rings (SSSR count). The molecule has 4 unspecified atom stereocenters. The van der Waals surface area contributed by atoms with Crippen molar-refractivity contribution in [1.82, 2.24) is 0 Å². The first kappa shape index (κ1) is 16.3. The molecule has 3 heteroatoms. The van der Waals surface area contributed by atoms with Gasteiger partial charge in [-0.15, -0.1) is 11.6 Å². The van der Waals surface area contributed by atoms with E-state index in [2.05, 4.69) is 50.9 Å². The zero-order valence-electron chi connectivity index (χ0n) is 12.5. The van der Waals surface area contributed by atoms with Gasteiger partial charge in [-0.2, -0.15) is 0 Å². The maximum atomic E-state index is 6.89. The molecule has 1 aromatic carbocycles. The fourth-order valence-corrected chi connectivity index (χ4v) is 5.91. The van der Waals surface area contributed by atoms with Gasteiger partial charge in [0.15, 0.2) is 0 Å². The summed E-state index contributed by atoms with van der Waals surface area (Å²) in [5, 5.41) is 0.138. The van der Waals surface area contributed by atoms with Crippen LogP contribution >= 0.6 is 43.5 Å². The highest BCUT2D eigenvalue weighted by atomic mass is 79.9. The second kappa shape index (κ2) is 6.93. The van der Waals surface area contributed by atoms with Gasteiger partial charge in [-0.05, 0) is 67.2 Å². The Hall–Kier alpha value is 0.470. The molecule has 116 valence electrons. The molecule has 1 aromatic rings. The van der Waals surface area contributed by atoms with E-state index in [9.17, 15) is 0 Å². The van der Waals surface area contributed by atoms with E-state index in [-0.39, 0.29) is 5.38 Å². The first-order valence-electron chi connectivity index (χ1n) is 8.16. The summed E-state index contributed by atoms with van der Waals surface area (Å²) < 4.78 is 2.33. The Kier molecular flexibility index (Phi) is 5.39. The van der Waals surface area contributed by atoms with E-state index in [1.54, 1.807) is 0 Å². The summed E-state index contributed by atoms with van der Waals surface area (Å²) in [6.45, 7) is 2.12. The summed E-state index contributed by atoms with van der Waals surface area (Å²) in [5.74, 6) is 2.57. The fourth-order valence-electron chi connectivity index (χ4n) is 4.30. The molecule has 21 heavy (non-hydrogen) atoms. The zero-order chi connectivity index (χ0) is 15.0. The van der Waals surface area contributed by atoms with Gasteiger partial charge in [0.05, 0.1) is 5.38 Å². The average Bonchev–Trinajstić information content (AvgIpc) is 2.50. The Morgan fingerprint density at radius 3 is 2.48 bits per heavy atom. The van der Waals surface area contributed by atoms with E-state index in [1.807, 2.05) is 0 Å². The number of aryl methyl sites for hydroxylation is 1. The third-order valence-corrected chi connectivity index (χ3v) is 7.70. The quantitative estimate of drug-likeness (QED) is 0.425. The standard InChI is InChI=1S/C18H23Br2Cl/c1-11-8-17(20)15(10-16(11)19)18(21)14-7-6-12-4-2-3-5-13(12)9-14/h8,10,12-14,18H,2-7,9H2,1H3. The van der Waals surface area contributed by atoms with Gasteiger partial charge in [-0.3, -0.25) is 0 Å². The number of hydrogen-bond donors (Lipinski definition) is 0. The lowest BCUT2D eigenvalue weighted by Gasteiger charge is -2.41. The second-order valence-electron chi connectivity index (χ2n) is 6.90. The first-order valence-corrected chi connectivity index (χ1v) is 10.2. The van der Waals surface area contributed by atoms with Gasteiger partial charge in [0, 0.05) is 8.95 Å². The first-order chi connectivity index (χ1) is 10.1. The molecule has 0 amide bonds.